The number of nitrogens with zero attached hydrogens (tertiary/aromatic N) is 7. The predicted molar refractivity (Wildman–Crippen MR) is 157 cm³/mol. The molecule has 1 aromatic carbocycles. The molecule has 6 rings (SSSR count). The van der Waals surface area contributed by atoms with Gasteiger partial charge >= 0.3 is 6.01 Å². The Hall–Kier alpha value is -4.14. The van der Waals surface area contributed by atoms with Crippen molar-refractivity contribution >= 4 is 22.6 Å². The first-order valence-electron chi connectivity index (χ1n) is 14.4. The lowest BCUT2D eigenvalue weighted by atomic mass is 9.94. The molecule has 3 aliphatic heterocycles. The van der Waals surface area contributed by atoms with E-state index >= 15 is 4.39 Å². The van der Waals surface area contributed by atoms with Crippen LogP contribution in [0.15, 0.2) is 37.1 Å². The average Bonchev–Trinajstić information content (AvgIpc) is 3.44. The fourth-order valence-electron chi connectivity index (χ4n) is 6.24. The summed E-state index contributed by atoms with van der Waals surface area (Å²) in [6.07, 6.45) is 5.69. The highest BCUT2D eigenvalue weighted by Crippen LogP contribution is 2.35. The third-order valence-electron chi connectivity index (χ3n) is 8.54. The van der Waals surface area contributed by atoms with Crippen LogP contribution in [0.1, 0.15) is 24.0 Å². The molecule has 0 aliphatic carbocycles. The summed E-state index contributed by atoms with van der Waals surface area (Å²) < 4.78 is 28.2. The maximum atomic E-state index is 16.5. The fraction of sp³-hybridized carbons (Fsp3) is 0.452. The van der Waals surface area contributed by atoms with E-state index in [1.54, 1.807) is 11.1 Å². The Labute approximate surface area is 244 Å². The molecule has 0 bridgehead atoms. The summed E-state index contributed by atoms with van der Waals surface area (Å²) in [5.41, 5.74) is 3.18. The van der Waals surface area contributed by atoms with E-state index in [1.807, 2.05) is 23.1 Å². The summed E-state index contributed by atoms with van der Waals surface area (Å²) >= 11 is 0. The van der Waals surface area contributed by atoms with Crippen molar-refractivity contribution in [2.45, 2.75) is 38.0 Å². The Balaban J connectivity index is 1.42. The van der Waals surface area contributed by atoms with Crippen LogP contribution in [0.25, 0.3) is 27.0 Å². The number of hydrogen-bond donors (Lipinski definition) is 0. The lowest BCUT2D eigenvalue weighted by Gasteiger charge is -2.39. The molecule has 0 spiro atoms. The molecular formula is C31H34FN7O3. The van der Waals surface area contributed by atoms with Gasteiger partial charge in [0.15, 0.2) is 5.82 Å². The summed E-state index contributed by atoms with van der Waals surface area (Å²) in [4.78, 5) is 35.9. The number of rotatable bonds is 7. The van der Waals surface area contributed by atoms with Gasteiger partial charge in [0.2, 0.25) is 12.5 Å². The highest BCUT2D eigenvalue weighted by Gasteiger charge is 2.34. The van der Waals surface area contributed by atoms with Crippen LogP contribution in [0, 0.1) is 12.4 Å². The number of halogens is 1. The molecule has 2 saturated heterocycles. The first-order chi connectivity index (χ1) is 20.5. The van der Waals surface area contributed by atoms with Crippen LogP contribution in [0.2, 0.25) is 0 Å². The number of pyridine rings is 1. The van der Waals surface area contributed by atoms with Crippen LogP contribution in [-0.4, -0.2) is 95.7 Å². The number of carbonyl (C=O) groups excluding carboxylic acids is 1. The molecule has 1 amide bonds. The number of fused-ring (bicyclic) bond motifs is 2. The molecule has 0 N–H and O–H groups in total. The van der Waals surface area contributed by atoms with Gasteiger partial charge in [-0.15, -0.1) is 0 Å². The van der Waals surface area contributed by atoms with Crippen LogP contribution in [0.4, 0.5) is 10.2 Å². The molecule has 0 radical (unpaired) electrons. The number of aromatic nitrogens is 3. The van der Waals surface area contributed by atoms with E-state index in [0.717, 1.165) is 36.1 Å². The monoisotopic (exact) mass is 571 g/mol. The third kappa shape index (κ3) is 5.28. The van der Waals surface area contributed by atoms with Crippen molar-refractivity contribution in [3.05, 3.63) is 65.4 Å². The van der Waals surface area contributed by atoms with Crippen LogP contribution in [0.3, 0.4) is 0 Å². The van der Waals surface area contributed by atoms with Gasteiger partial charge in [-0.3, -0.25) is 9.78 Å². The summed E-state index contributed by atoms with van der Waals surface area (Å²) in [7, 11) is 2.07. The molecule has 2 aromatic heterocycles. The van der Waals surface area contributed by atoms with Crippen LogP contribution >= 0.6 is 0 Å². The molecule has 5 heterocycles. The maximum absolute atomic E-state index is 16.5. The Bertz CT molecular complexity index is 1560. The van der Waals surface area contributed by atoms with E-state index in [0.29, 0.717) is 57.1 Å². The molecular weight excluding hydrogens is 537 g/mol. The number of piperazine rings is 1. The van der Waals surface area contributed by atoms with Crippen molar-refractivity contribution in [1.29, 1.82) is 0 Å². The lowest BCUT2D eigenvalue weighted by Crippen LogP contribution is -2.56. The molecule has 10 nitrogen and oxygen atoms in total. The number of anilines is 1. The van der Waals surface area contributed by atoms with Gasteiger partial charge in [-0.25, -0.2) is 11.0 Å². The molecule has 42 heavy (non-hydrogen) atoms. The minimum atomic E-state index is -0.531. The number of hydrogen-bond acceptors (Lipinski definition) is 8. The second-order valence-electron chi connectivity index (χ2n) is 11.0. The van der Waals surface area contributed by atoms with Gasteiger partial charge in [-0.05, 0) is 50.1 Å². The maximum Gasteiger partial charge on any atom is 0.319 e. The van der Waals surface area contributed by atoms with E-state index < -0.39 is 5.82 Å². The summed E-state index contributed by atoms with van der Waals surface area (Å²) in [6.45, 7) is 14.8. The van der Waals surface area contributed by atoms with Crippen molar-refractivity contribution in [3.63, 3.8) is 0 Å². The first kappa shape index (κ1) is 28.0. The van der Waals surface area contributed by atoms with Gasteiger partial charge in [0, 0.05) is 37.4 Å². The van der Waals surface area contributed by atoms with Gasteiger partial charge in [-0.2, -0.15) is 9.97 Å². The smallest absolute Gasteiger partial charge is 0.319 e. The van der Waals surface area contributed by atoms with E-state index in [9.17, 15) is 4.79 Å². The van der Waals surface area contributed by atoms with E-state index in [1.165, 1.54) is 6.08 Å². The van der Waals surface area contributed by atoms with E-state index in [4.69, 9.17) is 21.0 Å². The van der Waals surface area contributed by atoms with Gasteiger partial charge in [0.05, 0.1) is 18.6 Å². The highest BCUT2D eigenvalue weighted by molar-refractivity contribution is 5.92. The summed E-state index contributed by atoms with van der Waals surface area (Å²) in [6, 6.07) is 5.76. The number of likely N-dealkylation sites (N-methyl/N-ethyl adjacent to an activating group) is 1. The molecule has 11 heteroatoms. The zero-order valence-electron chi connectivity index (χ0n) is 23.8. The van der Waals surface area contributed by atoms with Gasteiger partial charge in [0.25, 0.3) is 0 Å². The largest absolute Gasteiger partial charge is 0.462 e. The van der Waals surface area contributed by atoms with E-state index in [2.05, 4.69) is 33.3 Å². The zero-order chi connectivity index (χ0) is 29.2. The summed E-state index contributed by atoms with van der Waals surface area (Å²) in [5, 5.41) is 0.458. The SMILES string of the molecule is [C-]#[N+]C[C@H]1CN(c2nc(OC[C@@H]3CCCN3C)nc3c(F)c(-c4cccc5c4CCOC5)ncc23)CCN1C(=O)C=C. The minimum Gasteiger partial charge on any atom is -0.462 e. The number of carbonyl (C=O) groups is 1. The molecule has 3 aliphatic rings. The van der Waals surface area contributed by atoms with E-state index in [-0.39, 0.29) is 41.8 Å². The zero-order valence-corrected chi connectivity index (χ0v) is 23.8. The fourth-order valence-corrected chi connectivity index (χ4v) is 6.24. The van der Waals surface area contributed by atoms with Crippen molar-refractivity contribution in [3.8, 4) is 17.3 Å². The Morgan fingerprint density at radius 3 is 2.95 bits per heavy atom. The van der Waals surface area contributed by atoms with Crippen LogP contribution < -0.4 is 9.64 Å². The summed E-state index contributed by atoms with van der Waals surface area (Å²) in [5.74, 6) is -0.261. The number of likely N-dealkylation sites (tertiary alicyclic amines) is 1. The third-order valence-corrected chi connectivity index (χ3v) is 8.54. The van der Waals surface area contributed by atoms with Gasteiger partial charge in [-0.1, -0.05) is 24.8 Å². The highest BCUT2D eigenvalue weighted by atomic mass is 19.1. The Morgan fingerprint density at radius 1 is 1.29 bits per heavy atom. The van der Waals surface area contributed by atoms with Crippen LogP contribution in [-0.2, 0) is 22.6 Å². The number of amides is 1. The van der Waals surface area contributed by atoms with Crippen molar-refractivity contribution in [2.75, 3.05) is 57.9 Å². The predicted octanol–water partition coefficient (Wildman–Crippen LogP) is 3.50. The second-order valence-corrected chi connectivity index (χ2v) is 11.0. The first-order valence-corrected chi connectivity index (χ1v) is 14.4. The lowest BCUT2D eigenvalue weighted by molar-refractivity contribution is -0.128. The van der Waals surface area contributed by atoms with Crippen molar-refractivity contribution in [1.82, 2.24) is 24.8 Å². The second kappa shape index (κ2) is 12.0. The Kier molecular flexibility index (Phi) is 8.00. The molecule has 0 unspecified atom stereocenters. The molecule has 0 saturated carbocycles. The molecule has 3 aromatic rings. The normalized spacial score (nSPS) is 20.8. The minimum absolute atomic E-state index is 0.101. The van der Waals surface area contributed by atoms with Crippen LogP contribution in [0.5, 0.6) is 6.01 Å². The van der Waals surface area contributed by atoms with Gasteiger partial charge in [0.1, 0.15) is 29.7 Å². The number of ether oxygens (including phenoxy) is 2. The van der Waals surface area contributed by atoms with Gasteiger partial charge < -0.3 is 29.0 Å². The van der Waals surface area contributed by atoms with Crippen molar-refractivity contribution in [2.24, 2.45) is 0 Å². The molecule has 2 atom stereocenters. The van der Waals surface area contributed by atoms with Crippen molar-refractivity contribution < 1.29 is 18.7 Å². The Morgan fingerprint density at radius 2 is 2.17 bits per heavy atom. The number of benzene rings is 1. The average molecular weight is 572 g/mol. The quantitative estimate of drug-likeness (QED) is 0.315. The molecule has 2 fully saturated rings. The molecule has 218 valence electrons. The standard InChI is InChI=1S/C31H34FN7O3/c1-4-26(40)39-13-12-38(17-22(39)15-33-2)30-25-16-34-28(24-9-5-7-20-18-41-14-10-23(20)24)27(32)29(25)35-31(36-30)42-19-21-8-6-11-37(21)3/h4-5,7,9,16,21-22H,1,6,8,10-15,17-19H2,3H3/t21-,22-/m0/s1. The topological polar surface area (TPSA) is 88.3 Å².